The van der Waals surface area contributed by atoms with Gasteiger partial charge in [-0.05, 0) is 26.0 Å². The Bertz CT molecular complexity index is 794. The molecule has 31 heavy (non-hydrogen) atoms. The van der Waals surface area contributed by atoms with Crippen LogP contribution in [0.5, 0.6) is 11.5 Å². The molecule has 0 bridgehead atoms. The normalized spacial score (nSPS) is 25.2. The van der Waals surface area contributed by atoms with Crippen molar-refractivity contribution in [1.82, 2.24) is 20.0 Å². The molecule has 0 aromatic heterocycles. The smallest absolute Gasteiger partial charge is 0.231 e. The molecule has 0 spiro atoms. The zero-order valence-electron chi connectivity index (χ0n) is 18.6. The summed E-state index contributed by atoms with van der Waals surface area (Å²) < 4.78 is 11.1. The average Bonchev–Trinajstić information content (AvgIpc) is 3.27. The van der Waals surface area contributed by atoms with Crippen molar-refractivity contribution in [3.05, 3.63) is 23.8 Å². The first-order valence-corrected chi connectivity index (χ1v) is 11.3. The minimum Gasteiger partial charge on any atom is -0.454 e. The largest absolute Gasteiger partial charge is 0.454 e. The first kappa shape index (κ1) is 21.9. The van der Waals surface area contributed by atoms with Crippen molar-refractivity contribution in [1.29, 1.82) is 0 Å². The van der Waals surface area contributed by atoms with Crippen LogP contribution in [0, 0.1) is 5.92 Å². The molecule has 8 heteroatoms. The molecule has 0 saturated carbocycles. The third-order valence-electron chi connectivity index (χ3n) is 6.67. The van der Waals surface area contributed by atoms with Crippen molar-refractivity contribution in [3.8, 4) is 11.5 Å². The fourth-order valence-electron chi connectivity index (χ4n) is 4.65. The van der Waals surface area contributed by atoms with Crippen LogP contribution in [0.1, 0.15) is 31.2 Å². The van der Waals surface area contributed by atoms with Crippen LogP contribution < -0.4 is 14.8 Å². The molecule has 8 nitrogen and oxygen atoms in total. The van der Waals surface area contributed by atoms with Gasteiger partial charge in [0.2, 0.25) is 18.6 Å². The monoisotopic (exact) mass is 430 g/mol. The van der Waals surface area contributed by atoms with E-state index in [1.165, 1.54) is 0 Å². The summed E-state index contributed by atoms with van der Waals surface area (Å²) in [5.74, 6) is 1.59. The van der Waals surface area contributed by atoms with Crippen molar-refractivity contribution >= 4 is 11.8 Å². The Kier molecular flexibility index (Phi) is 6.97. The van der Waals surface area contributed by atoms with Gasteiger partial charge in [-0.25, -0.2) is 0 Å². The highest BCUT2D eigenvalue weighted by Crippen LogP contribution is 2.35. The molecule has 0 unspecified atom stereocenters. The zero-order valence-corrected chi connectivity index (χ0v) is 18.6. The molecule has 3 heterocycles. The molecular weight excluding hydrogens is 396 g/mol. The molecule has 3 aliphatic heterocycles. The van der Waals surface area contributed by atoms with Gasteiger partial charge in [-0.1, -0.05) is 18.6 Å². The van der Waals surface area contributed by atoms with E-state index in [0.717, 1.165) is 62.5 Å². The van der Waals surface area contributed by atoms with Gasteiger partial charge in [0.15, 0.2) is 11.5 Å². The Morgan fingerprint density at radius 1 is 1.13 bits per heavy atom. The van der Waals surface area contributed by atoms with Crippen molar-refractivity contribution in [3.63, 3.8) is 0 Å². The highest BCUT2D eigenvalue weighted by atomic mass is 16.7. The fraction of sp³-hybridized carbons (Fsp3) is 0.652. The second-order valence-electron chi connectivity index (χ2n) is 8.96. The SMILES string of the molecule is CN1CCN(C(=O)[C@@H]2CCC[C@@H](NCc3cccc4c3OCO4)CN(C)C(=O)C2)CC1. The van der Waals surface area contributed by atoms with E-state index >= 15 is 0 Å². The van der Waals surface area contributed by atoms with Crippen LogP contribution in [0.3, 0.4) is 0 Å². The molecule has 2 saturated heterocycles. The predicted molar refractivity (Wildman–Crippen MR) is 117 cm³/mol. The standard InChI is InChI=1S/C23H34N4O4/c1-25-9-11-27(12-10-25)23(29)17-5-3-7-19(15-26(2)21(28)13-17)24-14-18-6-4-8-20-22(18)31-16-30-20/h4,6,8,17,19,24H,3,5,7,9-16H2,1-2H3/t17-,19-/m1/s1. The number of likely N-dealkylation sites (N-methyl/N-ethyl adjacent to an activating group) is 2. The second kappa shape index (κ2) is 9.87. The third kappa shape index (κ3) is 5.30. The van der Waals surface area contributed by atoms with Gasteiger partial charge >= 0.3 is 0 Å². The van der Waals surface area contributed by atoms with Crippen LogP contribution >= 0.6 is 0 Å². The van der Waals surface area contributed by atoms with E-state index in [2.05, 4.69) is 17.3 Å². The van der Waals surface area contributed by atoms with Gasteiger partial charge in [0.1, 0.15) is 0 Å². The van der Waals surface area contributed by atoms with Gasteiger partial charge in [0.25, 0.3) is 0 Å². The number of nitrogens with one attached hydrogen (secondary N) is 1. The molecule has 0 radical (unpaired) electrons. The molecule has 0 aliphatic carbocycles. The molecular formula is C23H34N4O4. The van der Waals surface area contributed by atoms with Crippen LogP contribution in [0.2, 0.25) is 0 Å². The maximum absolute atomic E-state index is 13.1. The molecule has 1 aromatic rings. The first-order valence-electron chi connectivity index (χ1n) is 11.3. The van der Waals surface area contributed by atoms with E-state index in [4.69, 9.17) is 9.47 Å². The lowest BCUT2D eigenvalue weighted by Crippen LogP contribution is -2.49. The summed E-state index contributed by atoms with van der Waals surface area (Å²) in [5.41, 5.74) is 1.06. The van der Waals surface area contributed by atoms with E-state index in [1.54, 1.807) is 4.90 Å². The number of nitrogens with zero attached hydrogens (tertiary/aromatic N) is 3. The van der Waals surface area contributed by atoms with Gasteiger partial charge in [-0.2, -0.15) is 0 Å². The molecule has 1 aromatic carbocycles. The fourth-order valence-corrected chi connectivity index (χ4v) is 4.65. The summed E-state index contributed by atoms with van der Waals surface area (Å²) in [6.45, 7) is 4.87. The van der Waals surface area contributed by atoms with Crippen LogP contribution in [0.15, 0.2) is 18.2 Å². The summed E-state index contributed by atoms with van der Waals surface area (Å²) in [6.07, 6.45) is 2.93. The number of carbonyl (C=O) groups excluding carboxylic acids is 2. The number of ether oxygens (including phenoxy) is 2. The van der Waals surface area contributed by atoms with E-state index in [0.29, 0.717) is 19.5 Å². The van der Waals surface area contributed by atoms with Crippen LogP contribution in [-0.2, 0) is 16.1 Å². The lowest BCUT2D eigenvalue weighted by molar-refractivity contribution is -0.142. The predicted octanol–water partition coefficient (Wildman–Crippen LogP) is 1.30. The number of fused-ring (bicyclic) bond motifs is 1. The Hall–Kier alpha value is -2.32. The molecule has 170 valence electrons. The number of para-hydroxylation sites is 1. The number of benzene rings is 1. The molecule has 2 amide bonds. The first-order chi connectivity index (χ1) is 15.0. The highest BCUT2D eigenvalue weighted by molar-refractivity contribution is 5.86. The third-order valence-corrected chi connectivity index (χ3v) is 6.67. The van der Waals surface area contributed by atoms with Crippen molar-refractivity contribution in [2.24, 2.45) is 5.92 Å². The van der Waals surface area contributed by atoms with E-state index < -0.39 is 0 Å². The van der Waals surface area contributed by atoms with Gasteiger partial charge in [-0.3, -0.25) is 9.59 Å². The average molecular weight is 431 g/mol. The Morgan fingerprint density at radius 3 is 2.74 bits per heavy atom. The van der Waals surface area contributed by atoms with E-state index in [9.17, 15) is 9.59 Å². The van der Waals surface area contributed by atoms with E-state index in [1.807, 2.05) is 30.1 Å². The van der Waals surface area contributed by atoms with Crippen LogP contribution in [-0.4, -0.2) is 86.2 Å². The topological polar surface area (TPSA) is 74.4 Å². The van der Waals surface area contributed by atoms with Gasteiger partial charge in [0, 0.05) is 70.3 Å². The summed E-state index contributed by atoms with van der Waals surface area (Å²) in [4.78, 5) is 31.9. The van der Waals surface area contributed by atoms with Crippen molar-refractivity contribution in [2.45, 2.75) is 38.3 Å². The molecule has 2 fully saturated rings. The number of amides is 2. The number of piperazine rings is 1. The minimum absolute atomic E-state index is 0.0542. The van der Waals surface area contributed by atoms with E-state index in [-0.39, 0.29) is 30.6 Å². The van der Waals surface area contributed by atoms with Crippen LogP contribution in [0.25, 0.3) is 0 Å². The summed E-state index contributed by atoms with van der Waals surface area (Å²) in [7, 11) is 3.92. The van der Waals surface area contributed by atoms with Crippen LogP contribution in [0.4, 0.5) is 0 Å². The maximum Gasteiger partial charge on any atom is 0.231 e. The number of carbonyl (C=O) groups is 2. The molecule has 3 aliphatic rings. The molecule has 2 atom stereocenters. The minimum atomic E-state index is -0.208. The summed E-state index contributed by atoms with van der Waals surface area (Å²) in [6, 6.07) is 6.09. The zero-order chi connectivity index (χ0) is 21.8. The van der Waals surface area contributed by atoms with Crippen molar-refractivity contribution < 1.29 is 19.1 Å². The van der Waals surface area contributed by atoms with Gasteiger partial charge < -0.3 is 29.5 Å². The molecule has 4 rings (SSSR count). The lowest BCUT2D eigenvalue weighted by atomic mass is 9.95. The number of hydrogen-bond donors (Lipinski definition) is 1. The maximum atomic E-state index is 13.1. The number of hydrogen-bond acceptors (Lipinski definition) is 6. The number of rotatable bonds is 4. The summed E-state index contributed by atoms with van der Waals surface area (Å²) in [5, 5.41) is 3.60. The highest BCUT2D eigenvalue weighted by Gasteiger charge is 2.31. The van der Waals surface area contributed by atoms with Gasteiger partial charge in [0.05, 0.1) is 0 Å². The Balaban J connectivity index is 1.35. The van der Waals surface area contributed by atoms with Gasteiger partial charge in [-0.15, -0.1) is 0 Å². The Labute approximate surface area is 184 Å². The lowest BCUT2D eigenvalue weighted by Gasteiger charge is -2.34. The molecule has 1 N–H and O–H groups in total. The quantitative estimate of drug-likeness (QED) is 0.776. The Morgan fingerprint density at radius 2 is 1.94 bits per heavy atom. The second-order valence-corrected chi connectivity index (χ2v) is 8.96. The summed E-state index contributed by atoms with van der Waals surface area (Å²) >= 11 is 0. The van der Waals surface area contributed by atoms with Crippen molar-refractivity contribution in [2.75, 3.05) is 53.6 Å².